The van der Waals surface area contributed by atoms with Crippen LogP contribution < -0.4 is 10.0 Å². The van der Waals surface area contributed by atoms with E-state index in [-0.39, 0.29) is 42.1 Å². The Labute approximate surface area is 196 Å². The molecular formula is C23H24FN3O6S. The molecule has 3 aromatic rings. The molecule has 0 aliphatic rings. The smallest absolute Gasteiger partial charge is 0.305 e. The van der Waals surface area contributed by atoms with Gasteiger partial charge in [0.05, 0.1) is 23.8 Å². The van der Waals surface area contributed by atoms with Crippen LogP contribution >= 0.6 is 0 Å². The lowest BCUT2D eigenvalue weighted by Gasteiger charge is -2.09. The summed E-state index contributed by atoms with van der Waals surface area (Å²) >= 11 is 0. The summed E-state index contributed by atoms with van der Waals surface area (Å²) in [6, 6.07) is 7.00. The van der Waals surface area contributed by atoms with Gasteiger partial charge < -0.3 is 14.5 Å². The molecule has 9 nitrogen and oxygen atoms in total. The number of ether oxygens (including phenoxy) is 1. The predicted octanol–water partition coefficient (Wildman–Crippen LogP) is 3.01. The highest BCUT2D eigenvalue weighted by Gasteiger charge is 2.25. The van der Waals surface area contributed by atoms with Crippen molar-refractivity contribution in [2.24, 2.45) is 0 Å². The number of benzene rings is 1. The Kier molecular flexibility index (Phi) is 7.79. The number of hydrogen-bond donors (Lipinski definition) is 2. The zero-order valence-corrected chi connectivity index (χ0v) is 19.5. The van der Waals surface area contributed by atoms with Crippen molar-refractivity contribution in [1.82, 2.24) is 15.0 Å². The van der Waals surface area contributed by atoms with Crippen molar-refractivity contribution in [3.63, 3.8) is 0 Å². The van der Waals surface area contributed by atoms with Gasteiger partial charge in [0.25, 0.3) is 5.91 Å². The Morgan fingerprint density at radius 2 is 1.97 bits per heavy atom. The van der Waals surface area contributed by atoms with Crippen LogP contribution in [0.5, 0.6) is 0 Å². The normalized spacial score (nSPS) is 11.4. The quantitative estimate of drug-likeness (QED) is 0.331. The van der Waals surface area contributed by atoms with E-state index < -0.39 is 33.5 Å². The van der Waals surface area contributed by atoms with Gasteiger partial charge in [-0.25, -0.2) is 22.5 Å². The summed E-state index contributed by atoms with van der Waals surface area (Å²) in [6.07, 6.45) is 1.80. The zero-order chi connectivity index (χ0) is 24.9. The summed E-state index contributed by atoms with van der Waals surface area (Å²) in [7, 11) is -1.07. The highest BCUT2D eigenvalue weighted by Crippen LogP contribution is 2.34. The van der Waals surface area contributed by atoms with E-state index in [0.717, 1.165) is 0 Å². The Hall–Kier alpha value is -3.57. The van der Waals surface area contributed by atoms with Crippen molar-refractivity contribution >= 4 is 39.1 Å². The molecule has 34 heavy (non-hydrogen) atoms. The third-order valence-electron chi connectivity index (χ3n) is 5.01. The van der Waals surface area contributed by atoms with E-state index in [1.807, 2.05) is 0 Å². The standard InChI is InChI=1S/C23H24FN3O6S/c1-4-14-12-17-20(22(29)25-2)21(15-7-9-16(24)10-8-15)33-23(17)27-18(14)13-34(30,31)26-11-5-6-19(28)32-3/h4,7-10,12,26H,1,5-6,11,13H2,2-3H3,(H,25,29). The number of nitrogens with zero attached hydrogens (tertiary/aromatic N) is 1. The molecule has 2 heterocycles. The first-order chi connectivity index (χ1) is 16.2. The van der Waals surface area contributed by atoms with Crippen LogP contribution in [-0.4, -0.2) is 46.0 Å². The number of fused-ring (bicyclic) bond motifs is 1. The summed E-state index contributed by atoms with van der Waals surface area (Å²) < 4.78 is 51.3. The second-order valence-corrected chi connectivity index (χ2v) is 9.11. The van der Waals surface area contributed by atoms with E-state index in [1.54, 1.807) is 6.07 Å². The van der Waals surface area contributed by atoms with E-state index in [2.05, 4.69) is 26.3 Å². The first-order valence-corrected chi connectivity index (χ1v) is 11.9. The molecule has 0 saturated carbocycles. The maximum atomic E-state index is 13.4. The van der Waals surface area contributed by atoms with Gasteiger partial charge in [-0.2, -0.15) is 0 Å². The predicted molar refractivity (Wildman–Crippen MR) is 125 cm³/mol. The van der Waals surface area contributed by atoms with E-state index in [9.17, 15) is 22.4 Å². The molecule has 1 aromatic carbocycles. The van der Waals surface area contributed by atoms with Gasteiger partial charge in [0.15, 0.2) is 0 Å². The van der Waals surface area contributed by atoms with Crippen LogP contribution in [0.2, 0.25) is 0 Å². The zero-order valence-electron chi connectivity index (χ0n) is 18.7. The second kappa shape index (κ2) is 10.6. The molecule has 2 N–H and O–H groups in total. The summed E-state index contributed by atoms with van der Waals surface area (Å²) in [5.74, 6) is -1.60. The lowest BCUT2D eigenvalue weighted by molar-refractivity contribution is -0.140. The fraction of sp³-hybridized carbons (Fsp3) is 0.261. The number of sulfonamides is 1. The van der Waals surface area contributed by atoms with Gasteiger partial charge in [0.2, 0.25) is 15.7 Å². The molecule has 0 spiro atoms. The number of nitrogens with one attached hydrogen (secondary N) is 2. The van der Waals surface area contributed by atoms with Gasteiger partial charge in [0.1, 0.15) is 17.3 Å². The molecule has 0 atom stereocenters. The van der Waals surface area contributed by atoms with Gasteiger partial charge in [-0.05, 0) is 42.3 Å². The summed E-state index contributed by atoms with van der Waals surface area (Å²) in [4.78, 5) is 28.2. The van der Waals surface area contributed by atoms with Gasteiger partial charge >= 0.3 is 5.97 Å². The minimum atomic E-state index is -3.80. The number of esters is 1. The number of halogens is 1. The van der Waals surface area contributed by atoms with Crippen molar-refractivity contribution in [2.75, 3.05) is 20.7 Å². The minimum Gasteiger partial charge on any atom is -0.469 e. The Morgan fingerprint density at radius 3 is 2.59 bits per heavy atom. The number of methoxy groups -OCH3 is 1. The molecule has 0 aliphatic heterocycles. The molecule has 0 aliphatic carbocycles. The fourth-order valence-corrected chi connectivity index (χ4v) is 4.46. The topological polar surface area (TPSA) is 128 Å². The largest absolute Gasteiger partial charge is 0.469 e. The molecule has 180 valence electrons. The van der Waals surface area contributed by atoms with Crippen LogP contribution in [0.25, 0.3) is 28.5 Å². The third kappa shape index (κ3) is 5.67. The van der Waals surface area contributed by atoms with Crippen LogP contribution in [0.15, 0.2) is 41.3 Å². The van der Waals surface area contributed by atoms with Crippen molar-refractivity contribution in [3.05, 3.63) is 59.5 Å². The van der Waals surface area contributed by atoms with Crippen LogP contribution in [0.1, 0.15) is 34.5 Å². The summed E-state index contributed by atoms with van der Waals surface area (Å²) in [5, 5.41) is 2.91. The highest BCUT2D eigenvalue weighted by atomic mass is 32.2. The third-order valence-corrected chi connectivity index (χ3v) is 6.31. The molecular weight excluding hydrogens is 465 g/mol. The number of rotatable bonds is 10. The number of furan rings is 1. The van der Waals surface area contributed by atoms with Gasteiger partial charge in [-0.3, -0.25) is 9.59 Å². The maximum Gasteiger partial charge on any atom is 0.305 e. The number of carbonyl (C=O) groups is 2. The molecule has 0 radical (unpaired) electrons. The van der Waals surface area contributed by atoms with Crippen molar-refractivity contribution < 1.29 is 31.6 Å². The lowest BCUT2D eigenvalue weighted by atomic mass is 10.0. The van der Waals surface area contributed by atoms with E-state index in [1.165, 1.54) is 44.5 Å². The monoisotopic (exact) mass is 489 g/mol. The second-order valence-electron chi connectivity index (χ2n) is 7.31. The molecule has 0 bridgehead atoms. The van der Waals surface area contributed by atoms with Crippen molar-refractivity contribution in [1.29, 1.82) is 0 Å². The molecule has 0 unspecified atom stereocenters. The minimum absolute atomic E-state index is 0.0549. The van der Waals surface area contributed by atoms with Crippen LogP contribution in [-0.2, 0) is 25.3 Å². The first-order valence-electron chi connectivity index (χ1n) is 10.3. The number of pyridine rings is 1. The number of carbonyl (C=O) groups excluding carboxylic acids is 2. The number of amides is 1. The highest BCUT2D eigenvalue weighted by molar-refractivity contribution is 7.88. The Morgan fingerprint density at radius 1 is 1.26 bits per heavy atom. The van der Waals surface area contributed by atoms with E-state index in [0.29, 0.717) is 16.5 Å². The molecule has 2 aromatic heterocycles. The van der Waals surface area contributed by atoms with Gasteiger partial charge in [-0.1, -0.05) is 12.7 Å². The van der Waals surface area contributed by atoms with Crippen molar-refractivity contribution in [3.8, 4) is 11.3 Å². The Bertz CT molecular complexity index is 1330. The average molecular weight is 490 g/mol. The van der Waals surface area contributed by atoms with Crippen LogP contribution in [0, 0.1) is 5.82 Å². The molecule has 0 fully saturated rings. The van der Waals surface area contributed by atoms with Crippen LogP contribution in [0.4, 0.5) is 4.39 Å². The molecule has 3 rings (SSSR count). The Balaban J connectivity index is 1.98. The lowest BCUT2D eigenvalue weighted by Crippen LogP contribution is -2.27. The summed E-state index contributed by atoms with van der Waals surface area (Å²) in [6.45, 7) is 3.78. The molecule has 0 saturated heterocycles. The van der Waals surface area contributed by atoms with Gasteiger partial charge in [-0.15, -0.1) is 0 Å². The fourth-order valence-electron chi connectivity index (χ4n) is 3.32. The average Bonchev–Trinajstić information content (AvgIpc) is 3.18. The SMILES string of the molecule is C=Cc1cc2c(C(=O)NC)c(-c3ccc(F)cc3)oc2nc1CS(=O)(=O)NCCCC(=O)OC. The van der Waals surface area contributed by atoms with E-state index in [4.69, 9.17) is 4.42 Å². The number of hydrogen-bond acceptors (Lipinski definition) is 7. The van der Waals surface area contributed by atoms with Crippen LogP contribution in [0.3, 0.4) is 0 Å². The number of aromatic nitrogens is 1. The van der Waals surface area contributed by atoms with E-state index >= 15 is 0 Å². The first kappa shape index (κ1) is 25.1. The molecule has 11 heteroatoms. The van der Waals surface area contributed by atoms with Gasteiger partial charge in [0, 0.05) is 25.6 Å². The maximum absolute atomic E-state index is 13.4. The summed E-state index contributed by atoms with van der Waals surface area (Å²) in [5.41, 5.74) is 1.28. The molecule has 1 amide bonds. The van der Waals surface area contributed by atoms with Crippen molar-refractivity contribution in [2.45, 2.75) is 18.6 Å².